The van der Waals surface area contributed by atoms with E-state index in [-0.39, 0.29) is 5.52 Å². The van der Waals surface area contributed by atoms with Crippen LogP contribution in [-0.4, -0.2) is 40.0 Å². The summed E-state index contributed by atoms with van der Waals surface area (Å²) in [6, 6.07) is 13.6. The van der Waals surface area contributed by atoms with Crippen molar-refractivity contribution in [2.75, 3.05) is 18.0 Å². The number of imidazole rings is 1. The molecule has 1 amide bonds. The van der Waals surface area contributed by atoms with E-state index < -0.39 is 23.7 Å². The molecule has 0 aliphatic carbocycles. The van der Waals surface area contributed by atoms with Crippen molar-refractivity contribution in [3.63, 3.8) is 0 Å². The number of nitriles is 1. The van der Waals surface area contributed by atoms with Gasteiger partial charge in [-0.05, 0) is 29.8 Å². The van der Waals surface area contributed by atoms with E-state index in [0.717, 1.165) is 16.8 Å². The van der Waals surface area contributed by atoms with Crippen LogP contribution in [0, 0.1) is 23.1 Å². The first-order chi connectivity index (χ1) is 16.0. The molecule has 8 nitrogen and oxygen atoms in total. The Hall–Kier alpha value is -4.29. The number of carbonyl (C=O) groups excluding carboxylic acids is 1. The second kappa shape index (κ2) is 8.00. The maximum absolute atomic E-state index is 14.3. The number of carbonyl (C=O) groups is 1. The summed E-state index contributed by atoms with van der Waals surface area (Å²) < 4.78 is 14.3. The van der Waals surface area contributed by atoms with Crippen LogP contribution in [0.25, 0.3) is 33.5 Å². The fraction of sp³-hybridized carbons (Fsp3) is 0.167. The Bertz CT molecular complexity index is 1420. The molecule has 0 saturated carbocycles. The molecule has 5 N–H and O–H groups in total. The summed E-state index contributed by atoms with van der Waals surface area (Å²) in [7, 11) is 0. The Balaban J connectivity index is 1.73. The van der Waals surface area contributed by atoms with E-state index in [2.05, 4.69) is 21.0 Å². The van der Waals surface area contributed by atoms with E-state index in [4.69, 9.17) is 11.5 Å². The number of aromatic amines is 1. The standard InChI is InChI=1S/C24H20FN7O/c25-18-5-2-6-20-21(18)31-24(30-20)16-10-29-9-15(14-4-1-3-13(7-14)8-26)22(16)32-11-17(23(28)33)19(27)12-32/h1-7,9-10,17,19H,11-12,27H2,(H2,28,33)(H,30,31)/t17-,19-/m0/s1. The maximum Gasteiger partial charge on any atom is 0.223 e. The number of pyridine rings is 1. The number of nitrogens with two attached hydrogens (primary N) is 2. The highest BCUT2D eigenvalue weighted by atomic mass is 19.1. The quantitative estimate of drug-likeness (QED) is 0.445. The van der Waals surface area contributed by atoms with Gasteiger partial charge in [-0.2, -0.15) is 5.26 Å². The summed E-state index contributed by atoms with van der Waals surface area (Å²) in [4.78, 5) is 26.0. The minimum atomic E-state index is -0.516. The van der Waals surface area contributed by atoms with Gasteiger partial charge in [0, 0.05) is 37.1 Å². The lowest BCUT2D eigenvalue weighted by atomic mass is 10.00. The van der Waals surface area contributed by atoms with Gasteiger partial charge in [0.15, 0.2) is 5.82 Å². The third-order valence-electron chi connectivity index (χ3n) is 5.99. The topological polar surface area (TPSA) is 138 Å². The molecule has 1 aliphatic heterocycles. The van der Waals surface area contributed by atoms with Crippen molar-refractivity contribution >= 4 is 22.6 Å². The van der Waals surface area contributed by atoms with E-state index >= 15 is 0 Å². The van der Waals surface area contributed by atoms with E-state index in [1.54, 1.807) is 42.7 Å². The zero-order valence-electron chi connectivity index (χ0n) is 17.5. The minimum Gasteiger partial charge on any atom is -0.369 e. The number of anilines is 1. The number of rotatable bonds is 4. The van der Waals surface area contributed by atoms with Crippen molar-refractivity contribution < 1.29 is 9.18 Å². The lowest BCUT2D eigenvalue weighted by molar-refractivity contribution is -0.121. The Morgan fingerprint density at radius 3 is 2.70 bits per heavy atom. The van der Waals surface area contributed by atoms with Crippen molar-refractivity contribution in [2.45, 2.75) is 6.04 Å². The SMILES string of the molecule is N#Cc1cccc(-c2cncc(-c3nc4c(F)cccc4[nH]3)c2N2C[C@H](C(N)=O)[C@@H](N)C2)c1. The van der Waals surface area contributed by atoms with E-state index in [1.165, 1.54) is 6.07 Å². The number of amides is 1. The Labute approximate surface area is 188 Å². The van der Waals surface area contributed by atoms with Crippen molar-refractivity contribution in [1.82, 2.24) is 15.0 Å². The largest absolute Gasteiger partial charge is 0.369 e. The number of halogens is 1. The molecule has 9 heteroatoms. The zero-order valence-corrected chi connectivity index (χ0v) is 17.5. The smallest absolute Gasteiger partial charge is 0.223 e. The molecule has 3 heterocycles. The van der Waals surface area contributed by atoms with Crippen molar-refractivity contribution in [1.29, 1.82) is 5.26 Å². The summed E-state index contributed by atoms with van der Waals surface area (Å²) in [6.07, 6.45) is 3.34. The number of H-pyrrole nitrogens is 1. The van der Waals surface area contributed by atoms with Gasteiger partial charge in [0.1, 0.15) is 11.3 Å². The molecule has 1 saturated heterocycles. The first-order valence-corrected chi connectivity index (χ1v) is 10.4. The number of para-hydroxylation sites is 1. The van der Waals surface area contributed by atoms with Crippen LogP contribution in [0.1, 0.15) is 5.56 Å². The lowest BCUT2D eigenvalue weighted by Crippen LogP contribution is -2.37. The Morgan fingerprint density at radius 1 is 1.18 bits per heavy atom. The van der Waals surface area contributed by atoms with Crippen molar-refractivity contribution in [3.05, 3.63) is 66.2 Å². The summed E-state index contributed by atoms with van der Waals surface area (Å²) in [5, 5.41) is 9.37. The number of primary amides is 1. The normalized spacial score (nSPS) is 17.9. The minimum absolute atomic E-state index is 0.225. The molecular weight excluding hydrogens is 421 g/mol. The first-order valence-electron chi connectivity index (χ1n) is 10.4. The average Bonchev–Trinajstić information content (AvgIpc) is 3.43. The molecule has 1 aliphatic rings. The molecule has 5 rings (SSSR count). The number of nitrogens with zero attached hydrogens (tertiary/aromatic N) is 4. The molecule has 0 unspecified atom stereocenters. The summed E-state index contributed by atoms with van der Waals surface area (Å²) >= 11 is 0. The number of nitrogens with one attached hydrogen (secondary N) is 1. The third kappa shape index (κ3) is 3.56. The monoisotopic (exact) mass is 441 g/mol. The number of aromatic nitrogens is 3. The van der Waals surface area contributed by atoms with Crippen LogP contribution < -0.4 is 16.4 Å². The van der Waals surface area contributed by atoms with Gasteiger partial charge in [-0.15, -0.1) is 0 Å². The summed E-state index contributed by atoms with van der Waals surface area (Å²) in [5.74, 6) is -0.969. The molecule has 0 bridgehead atoms. The molecule has 2 aromatic carbocycles. The molecule has 0 spiro atoms. The highest BCUT2D eigenvalue weighted by Gasteiger charge is 2.36. The molecule has 1 fully saturated rings. The van der Waals surface area contributed by atoms with Crippen LogP contribution in [0.2, 0.25) is 0 Å². The van der Waals surface area contributed by atoms with Crippen LogP contribution in [0.15, 0.2) is 54.9 Å². The third-order valence-corrected chi connectivity index (χ3v) is 5.99. The predicted octanol–water partition coefficient (Wildman–Crippen LogP) is 2.55. The Kier molecular flexibility index (Phi) is 4.99. The Morgan fingerprint density at radius 2 is 1.97 bits per heavy atom. The first kappa shape index (κ1) is 20.6. The number of benzene rings is 2. The molecule has 33 heavy (non-hydrogen) atoms. The summed E-state index contributed by atoms with van der Waals surface area (Å²) in [5.41, 5.74) is 16.0. The van der Waals surface area contributed by atoms with Crippen LogP contribution in [0.3, 0.4) is 0 Å². The molecule has 164 valence electrons. The van der Waals surface area contributed by atoms with Gasteiger partial charge in [-0.25, -0.2) is 9.37 Å². The van der Waals surface area contributed by atoms with E-state index in [9.17, 15) is 14.4 Å². The summed E-state index contributed by atoms with van der Waals surface area (Å²) in [6.45, 7) is 0.719. The predicted molar refractivity (Wildman–Crippen MR) is 122 cm³/mol. The highest BCUT2D eigenvalue weighted by Crippen LogP contribution is 2.40. The lowest BCUT2D eigenvalue weighted by Gasteiger charge is -2.24. The molecule has 0 radical (unpaired) electrons. The average molecular weight is 441 g/mol. The van der Waals surface area contributed by atoms with E-state index in [1.807, 2.05) is 11.0 Å². The van der Waals surface area contributed by atoms with Crippen LogP contribution >= 0.6 is 0 Å². The molecule has 4 aromatic rings. The van der Waals surface area contributed by atoms with E-state index in [0.29, 0.717) is 35.6 Å². The van der Waals surface area contributed by atoms with Gasteiger partial charge in [0.05, 0.1) is 34.3 Å². The van der Waals surface area contributed by atoms with Crippen LogP contribution in [-0.2, 0) is 4.79 Å². The fourth-order valence-electron chi connectivity index (χ4n) is 4.37. The van der Waals surface area contributed by atoms with Crippen molar-refractivity contribution in [2.24, 2.45) is 17.4 Å². The van der Waals surface area contributed by atoms with Gasteiger partial charge in [-0.1, -0.05) is 18.2 Å². The van der Waals surface area contributed by atoms with Crippen molar-refractivity contribution in [3.8, 4) is 28.6 Å². The highest BCUT2D eigenvalue weighted by molar-refractivity contribution is 5.92. The number of fused-ring (bicyclic) bond motifs is 1. The maximum atomic E-state index is 14.3. The van der Waals surface area contributed by atoms with Gasteiger partial charge in [-0.3, -0.25) is 9.78 Å². The fourth-order valence-corrected chi connectivity index (χ4v) is 4.37. The number of hydrogen-bond donors (Lipinski definition) is 3. The molecular formula is C24H20FN7O. The van der Waals surface area contributed by atoms with Gasteiger partial charge < -0.3 is 21.4 Å². The van der Waals surface area contributed by atoms with Gasteiger partial charge >= 0.3 is 0 Å². The van der Waals surface area contributed by atoms with Gasteiger partial charge in [0.25, 0.3) is 0 Å². The molecule has 2 atom stereocenters. The van der Waals surface area contributed by atoms with Gasteiger partial charge in [0.2, 0.25) is 5.91 Å². The second-order valence-electron chi connectivity index (χ2n) is 8.07. The second-order valence-corrected chi connectivity index (χ2v) is 8.07. The van der Waals surface area contributed by atoms with Crippen LogP contribution in [0.4, 0.5) is 10.1 Å². The zero-order chi connectivity index (χ0) is 23.1. The number of hydrogen-bond acceptors (Lipinski definition) is 6. The van der Waals surface area contributed by atoms with Crippen LogP contribution in [0.5, 0.6) is 0 Å². The molecule has 2 aromatic heterocycles.